The van der Waals surface area contributed by atoms with Crippen molar-refractivity contribution in [1.82, 2.24) is 4.98 Å². The molecule has 1 aromatic heterocycles. The third-order valence-electron chi connectivity index (χ3n) is 6.34. The zero-order chi connectivity index (χ0) is 22.0. The summed E-state index contributed by atoms with van der Waals surface area (Å²) in [5.74, 6) is -2.40. The number of amides is 1. The quantitative estimate of drug-likeness (QED) is 0.511. The fraction of sp³-hybridized carbons (Fsp3) is 0.217. The van der Waals surface area contributed by atoms with Gasteiger partial charge in [0.1, 0.15) is 17.5 Å². The molecule has 8 heteroatoms. The van der Waals surface area contributed by atoms with Crippen molar-refractivity contribution >= 4 is 33.4 Å². The normalized spacial score (nSPS) is 31.0. The number of rotatable bonds is 3. The largest absolute Gasteiger partial charge is 0.476 e. The first-order chi connectivity index (χ1) is 14.8. The first kappa shape index (κ1) is 20.5. The summed E-state index contributed by atoms with van der Waals surface area (Å²) in [5.41, 5.74) is 3.56. The Kier molecular flexibility index (Phi) is 4.64. The molecule has 1 amide bonds. The topological polar surface area (TPSA) is 106 Å². The third kappa shape index (κ3) is 2.64. The number of carbonyl (C=O) groups is 1. The van der Waals surface area contributed by atoms with E-state index >= 15 is 0 Å². The smallest absolute Gasteiger partial charge is 0.224 e. The van der Waals surface area contributed by atoms with Crippen molar-refractivity contribution in [1.29, 1.82) is 0 Å². The molecule has 1 aliphatic carbocycles. The number of fused-ring (bicyclic) bond motifs is 3. The standard InChI is InChI=1S/C23H18BrClN2O4/c24-14-8-6-13(7-9-14)23-18(12-4-2-1-3-5-12)17(21(26)29)20(28)22(23,30)19-16(31-23)10-15(25)11-27-19/h1-11,17-18,20,28,30H,(H2,26,29). The summed E-state index contributed by atoms with van der Waals surface area (Å²) in [6.45, 7) is 0. The molecule has 3 aromatic rings. The summed E-state index contributed by atoms with van der Waals surface area (Å²) in [7, 11) is 0. The van der Waals surface area contributed by atoms with Gasteiger partial charge in [0.15, 0.2) is 11.2 Å². The van der Waals surface area contributed by atoms with Crippen LogP contribution in [0.4, 0.5) is 0 Å². The van der Waals surface area contributed by atoms with E-state index in [0.29, 0.717) is 16.1 Å². The number of hydrogen-bond acceptors (Lipinski definition) is 5. The highest BCUT2D eigenvalue weighted by atomic mass is 79.9. The van der Waals surface area contributed by atoms with Crippen molar-refractivity contribution in [3.05, 3.63) is 93.2 Å². The van der Waals surface area contributed by atoms with Gasteiger partial charge in [-0.05, 0) is 23.3 Å². The van der Waals surface area contributed by atoms with Crippen molar-refractivity contribution in [3.8, 4) is 5.75 Å². The number of aliphatic hydroxyl groups excluding tert-OH is 1. The molecule has 2 aromatic carbocycles. The van der Waals surface area contributed by atoms with Crippen LogP contribution >= 0.6 is 27.5 Å². The maximum absolute atomic E-state index is 12.6. The van der Waals surface area contributed by atoms with Crippen LogP contribution in [0.2, 0.25) is 5.02 Å². The maximum Gasteiger partial charge on any atom is 0.224 e. The molecule has 6 nitrogen and oxygen atoms in total. The molecule has 0 saturated heterocycles. The third-order valence-corrected chi connectivity index (χ3v) is 7.08. The molecular formula is C23H18BrClN2O4. The van der Waals surface area contributed by atoms with Crippen molar-refractivity contribution in [2.75, 3.05) is 0 Å². The molecule has 0 spiro atoms. The Balaban J connectivity index is 1.87. The number of benzene rings is 2. The fourth-order valence-electron chi connectivity index (χ4n) is 5.15. The van der Waals surface area contributed by atoms with Crippen LogP contribution in [0.5, 0.6) is 5.75 Å². The summed E-state index contributed by atoms with van der Waals surface area (Å²) in [4.78, 5) is 16.9. The molecular weight excluding hydrogens is 484 g/mol. The highest BCUT2D eigenvalue weighted by molar-refractivity contribution is 9.10. The molecule has 0 radical (unpaired) electrons. The lowest BCUT2D eigenvalue weighted by Crippen LogP contribution is -2.52. The summed E-state index contributed by atoms with van der Waals surface area (Å²) in [6.07, 6.45) is -0.185. The Morgan fingerprint density at radius 3 is 2.48 bits per heavy atom. The summed E-state index contributed by atoms with van der Waals surface area (Å²) in [5, 5.41) is 23.9. The van der Waals surface area contributed by atoms with Gasteiger partial charge in [-0.15, -0.1) is 0 Å². The number of halogens is 2. The minimum atomic E-state index is -2.04. The number of hydrogen-bond donors (Lipinski definition) is 3. The Morgan fingerprint density at radius 1 is 1.16 bits per heavy atom. The van der Waals surface area contributed by atoms with Gasteiger partial charge in [-0.3, -0.25) is 9.78 Å². The van der Waals surface area contributed by atoms with Crippen LogP contribution in [0, 0.1) is 5.92 Å². The van der Waals surface area contributed by atoms with Crippen LogP contribution in [0.25, 0.3) is 0 Å². The monoisotopic (exact) mass is 500 g/mol. The van der Waals surface area contributed by atoms with E-state index in [4.69, 9.17) is 22.1 Å². The lowest BCUT2D eigenvalue weighted by atomic mass is 9.71. The number of aromatic nitrogens is 1. The average molecular weight is 502 g/mol. The summed E-state index contributed by atoms with van der Waals surface area (Å²) < 4.78 is 7.29. The van der Waals surface area contributed by atoms with E-state index in [1.807, 2.05) is 42.5 Å². The van der Waals surface area contributed by atoms with Crippen LogP contribution < -0.4 is 10.5 Å². The molecule has 1 aliphatic heterocycles. The van der Waals surface area contributed by atoms with Gasteiger partial charge in [0.25, 0.3) is 0 Å². The van der Waals surface area contributed by atoms with E-state index in [2.05, 4.69) is 20.9 Å². The lowest BCUT2D eigenvalue weighted by molar-refractivity contribution is -0.155. The molecule has 1 saturated carbocycles. The molecule has 2 aliphatic rings. The van der Waals surface area contributed by atoms with Crippen molar-refractivity contribution in [2.24, 2.45) is 11.7 Å². The number of ether oxygens (including phenoxy) is 1. The van der Waals surface area contributed by atoms with Crippen LogP contribution in [0.15, 0.2) is 71.3 Å². The second-order valence-electron chi connectivity index (χ2n) is 7.87. The van der Waals surface area contributed by atoms with Gasteiger partial charge >= 0.3 is 0 Å². The molecule has 5 unspecified atom stereocenters. The van der Waals surface area contributed by atoms with E-state index < -0.39 is 35.0 Å². The highest BCUT2D eigenvalue weighted by Gasteiger charge is 2.77. The SMILES string of the molecule is NC(=O)C1C(O)C2(O)c3ncc(Cl)cc3OC2(c2ccc(Br)cc2)C1c1ccccc1. The van der Waals surface area contributed by atoms with Gasteiger partial charge in [0.2, 0.25) is 5.91 Å². The Bertz CT molecular complexity index is 1180. The molecule has 1 fully saturated rings. The Morgan fingerprint density at radius 2 is 1.84 bits per heavy atom. The van der Waals surface area contributed by atoms with Crippen molar-refractivity contribution < 1.29 is 19.7 Å². The zero-order valence-electron chi connectivity index (χ0n) is 16.1. The first-order valence-electron chi connectivity index (χ1n) is 9.66. The Labute approximate surface area is 191 Å². The van der Waals surface area contributed by atoms with Gasteiger partial charge in [-0.25, -0.2) is 0 Å². The predicted molar refractivity (Wildman–Crippen MR) is 117 cm³/mol. The highest BCUT2D eigenvalue weighted by Crippen LogP contribution is 2.68. The second-order valence-corrected chi connectivity index (χ2v) is 9.22. The number of nitrogens with two attached hydrogens (primary N) is 1. The van der Waals surface area contributed by atoms with Crippen LogP contribution in [0.1, 0.15) is 22.7 Å². The van der Waals surface area contributed by atoms with Gasteiger partial charge in [0, 0.05) is 22.7 Å². The summed E-state index contributed by atoms with van der Waals surface area (Å²) >= 11 is 9.57. The molecule has 5 atom stereocenters. The predicted octanol–water partition coefficient (Wildman–Crippen LogP) is 3.23. The second kappa shape index (κ2) is 7.03. The van der Waals surface area contributed by atoms with E-state index in [-0.39, 0.29) is 11.4 Å². The number of aliphatic hydroxyl groups is 2. The minimum absolute atomic E-state index is 0.122. The molecule has 4 N–H and O–H groups in total. The van der Waals surface area contributed by atoms with E-state index in [1.165, 1.54) is 6.20 Å². The number of pyridine rings is 1. The van der Waals surface area contributed by atoms with Gasteiger partial charge in [-0.1, -0.05) is 70.0 Å². The average Bonchev–Trinajstić information content (AvgIpc) is 3.12. The zero-order valence-corrected chi connectivity index (χ0v) is 18.4. The Hall–Kier alpha value is -2.45. The van der Waals surface area contributed by atoms with E-state index in [0.717, 1.165) is 4.47 Å². The number of primary amides is 1. The molecule has 5 rings (SSSR count). The first-order valence-corrected chi connectivity index (χ1v) is 10.8. The number of nitrogens with zero attached hydrogens (tertiary/aromatic N) is 1. The van der Waals surface area contributed by atoms with Crippen LogP contribution in [-0.2, 0) is 16.0 Å². The molecule has 31 heavy (non-hydrogen) atoms. The van der Waals surface area contributed by atoms with Gasteiger partial charge in [0.05, 0.1) is 10.9 Å². The van der Waals surface area contributed by atoms with Crippen LogP contribution in [0.3, 0.4) is 0 Å². The van der Waals surface area contributed by atoms with Crippen molar-refractivity contribution in [3.63, 3.8) is 0 Å². The van der Waals surface area contributed by atoms with E-state index in [1.54, 1.807) is 18.2 Å². The molecule has 158 valence electrons. The van der Waals surface area contributed by atoms with Gasteiger partial charge in [-0.2, -0.15) is 0 Å². The minimum Gasteiger partial charge on any atom is -0.476 e. The number of carbonyl (C=O) groups excluding carboxylic acids is 1. The summed E-state index contributed by atoms with van der Waals surface area (Å²) in [6, 6.07) is 17.9. The lowest BCUT2D eigenvalue weighted by Gasteiger charge is -2.40. The molecule has 2 heterocycles. The van der Waals surface area contributed by atoms with E-state index in [9.17, 15) is 15.0 Å². The molecule has 0 bridgehead atoms. The van der Waals surface area contributed by atoms with Gasteiger partial charge < -0.3 is 20.7 Å². The maximum atomic E-state index is 12.6. The fourth-order valence-corrected chi connectivity index (χ4v) is 5.56. The van der Waals surface area contributed by atoms with Crippen molar-refractivity contribution in [2.45, 2.75) is 23.2 Å². The van der Waals surface area contributed by atoms with Crippen LogP contribution in [-0.4, -0.2) is 27.2 Å².